The Hall–Kier alpha value is -6.03. The van der Waals surface area contributed by atoms with Crippen LogP contribution >= 0.6 is 23.5 Å². The molecule has 0 radical (unpaired) electrons. The summed E-state index contributed by atoms with van der Waals surface area (Å²) < 4.78 is 13.1. The Morgan fingerprint density at radius 2 is 1.03 bits per heavy atom. The number of nitrogens with one attached hydrogen (secondary N) is 1. The maximum absolute atomic E-state index is 14.3. The van der Waals surface area contributed by atoms with Crippen LogP contribution in [0.2, 0.25) is 0 Å². The minimum atomic E-state index is -0.471. The van der Waals surface area contributed by atoms with Gasteiger partial charge in [0, 0.05) is 55.2 Å². The largest absolute Gasteiger partial charge is 0.354 e. The number of ketones is 1. The number of fused-ring (bicyclic) bond motifs is 2. The summed E-state index contributed by atoms with van der Waals surface area (Å²) >= 11 is 3.78. The van der Waals surface area contributed by atoms with Gasteiger partial charge in [0.2, 0.25) is 5.91 Å². The quantitative estimate of drug-likeness (QED) is 0.0509. The maximum atomic E-state index is 14.3. The zero-order chi connectivity index (χ0) is 48.9. The van der Waals surface area contributed by atoms with Crippen LogP contribution in [0.3, 0.4) is 0 Å². The van der Waals surface area contributed by atoms with Crippen molar-refractivity contribution in [3.63, 3.8) is 0 Å². The van der Waals surface area contributed by atoms with E-state index in [1.54, 1.807) is 0 Å². The fourth-order valence-electron chi connectivity index (χ4n) is 11.1. The molecule has 2 aliphatic heterocycles. The molecule has 1 fully saturated rings. The van der Waals surface area contributed by atoms with E-state index in [0.717, 1.165) is 61.2 Å². The van der Waals surface area contributed by atoms with Gasteiger partial charge in [-0.1, -0.05) is 201 Å². The molecular weight excluding hydrogens is 914 g/mol. The van der Waals surface area contributed by atoms with E-state index in [-0.39, 0.29) is 30.1 Å². The van der Waals surface area contributed by atoms with E-state index in [4.69, 9.17) is 0 Å². The number of Topliss-reactive ketones (excluding diaryl/α,β-unsaturated/α-hetero) is 1. The number of hydrogen-bond acceptors (Lipinski definition) is 6. The molecule has 0 saturated carbocycles. The lowest BCUT2D eigenvalue weighted by molar-refractivity contribution is -0.122. The molecule has 2 heterocycles. The van der Waals surface area contributed by atoms with Crippen molar-refractivity contribution in [2.75, 3.05) is 44.2 Å². The van der Waals surface area contributed by atoms with Crippen LogP contribution in [0.1, 0.15) is 78.0 Å². The highest BCUT2D eigenvalue weighted by atomic mass is 32.2. The van der Waals surface area contributed by atoms with Crippen LogP contribution in [0, 0.1) is 5.82 Å². The second-order valence-electron chi connectivity index (χ2n) is 18.6. The molecule has 362 valence electrons. The molecule has 0 unspecified atom stereocenters. The molecule has 1 amide bonds. The molecule has 2 bridgehead atoms. The van der Waals surface area contributed by atoms with Crippen LogP contribution in [0.5, 0.6) is 0 Å². The Kier molecular flexibility index (Phi) is 16.8. The number of halogens is 1. The molecule has 71 heavy (non-hydrogen) atoms. The minimum Gasteiger partial charge on any atom is -0.354 e. The first-order valence-corrected chi connectivity index (χ1v) is 27.3. The normalized spacial score (nSPS) is 16.0. The third kappa shape index (κ3) is 11.2. The summed E-state index contributed by atoms with van der Waals surface area (Å²) in [5.74, 6) is 1.42. The van der Waals surface area contributed by atoms with Gasteiger partial charge in [-0.3, -0.25) is 19.4 Å². The van der Waals surface area contributed by atoms with E-state index in [0.29, 0.717) is 31.3 Å². The Balaban J connectivity index is 0.942. The number of carbonyl (C=O) groups excluding carboxylic acids is 2. The number of benzene rings is 7. The summed E-state index contributed by atoms with van der Waals surface area (Å²) in [6.07, 6.45) is 4.05. The SMILES string of the molecule is CCC(=O)C1=C(c2ccc(F)cc2)C[C@@H]2CC[C@H]1N2CCCN(CCSC(c1ccccc1)(c1ccccc1)c1ccccc1)CC(=O)NCCSC(c1ccccc1)(c1ccccc1)c1ccccc1. The highest BCUT2D eigenvalue weighted by Gasteiger charge is 2.43. The molecule has 0 spiro atoms. The maximum Gasteiger partial charge on any atom is 0.234 e. The molecule has 2 aliphatic rings. The zero-order valence-corrected chi connectivity index (χ0v) is 42.3. The lowest BCUT2D eigenvalue weighted by atomic mass is 9.84. The molecule has 1 saturated heterocycles. The highest BCUT2D eigenvalue weighted by Crippen LogP contribution is 2.50. The van der Waals surface area contributed by atoms with Crippen LogP contribution in [0.15, 0.2) is 212 Å². The second kappa shape index (κ2) is 23.9. The van der Waals surface area contributed by atoms with Gasteiger partial charge in [0.05, 0.1) is 16.0 Å². The van der Waals surface area contributed by atoms with Crippen molar-refractivity contribution in [1.29, 1.82) is 0 Å². The summed E-state index contributed by atoms with van der Waals surface area (Å²) in [5.41, 5.74) is 10.2. The summed E-state index contributed by atoms with van der Waals surface area (Å²) in [4.78, 5) is 32.9. The highest BCUT2D eigenvalue weighted by molar-refractivity contribution is 8.00. The number of carbonyl (C=O) groups is 2. The van der Waals surface area contributed by atoms with Crippen molar-refractivity contribution in [2.24, 2.45) is 0 Å². The van der Waals surface area contributed by atoms with E-state index in [2.05, 4.69) is 197 Å². The van der Waals surface area contributed by atoms with E-state index in [1.165, 1.54) is 45.5 Å². The predicted molar refractivity (Wildman–Crippen MR) is 294 cm³/mol. The van der Waals surface area contributed by atoms with E-state index >= 15 is 0 Å². The average Bonchev–Trinajstić information content (AvgIpc) is 3.70. The average molecular weight is 978 g/mol. The minimum absolute atomic E-state index is 0.0153. The first-order valence-electron chi connectivity index (χ1n) is 25.3. The predicted octanol–water partition coefficient (Wildman–Crippen LogP) is 13.1. The van der Waals surface area contributed by atoms with Gasteiger partial charge in [0.25, 0.3) is 0 Å². The Morgan fingerprint density at radius 3 is 1.46 bits per heavy atom. The van der Waals surface area contributed by atoms with Crippen LogP contribution in [-0.4, -0.2) is 77.8 Å². The van der Waals surface area contributed by atoms with Crippen LogP contribution in [-0.2, 0) is 19.1 Å². The number of rotatable bonds is 23. The third-order valence-corrected chi connectivity index (χ3v) is 17.4. The fourth-order valence-corrected chi connectivity index (χ4v) is 14.1. The van der Waals surface area contributed by atoms with Crippen molar-refractivity contribution in [3.8, 4) is 0 Å². The van der Waals surface area contributed by atoms with Gasteiger partial charge in [0.1, 0.15) is 5.82 Å². The van der Waals surface area contributed by atoms with Crippen molar-refractivity contribution in [3.05, 3.63) is 257 Å². The van der Waals surface area contributed by atoms with E-state index < -0.39 is 9.49 Å². The molecular formula is C63H64FN3O2S2. The van der Waals surface area contributed by atoms with Gasteiger partial charge in [0.15, 0.2) is 5.78 Å². The standard InChI is InChI=1S/C63H64FN3O2S2/c1-2-59(68)61-57(48-34-36-55(64)37-35-48)46-56-38-39-58(61)67(56)42-21-41-66(43-45-71-63(52-28-15-6-16-29-52,53-30-17-7-18-31-53)54-32-19-8-20-33-54)47-60(69)65-40-44-70-62(49-22-9-3-10-23-49,50-24-11-4-12-25-50)51-26-13-5-14-27-51/h3-20,22-37,56,58H,2,21,38-47H2,1H3,(H,65,69)/t56-,58+/m0/s1. The van der Waals surface area contributed by atoms with Gasteiger partial charge in [-0.05, 0) is 88.9 Å². The van der Waals surface area contributed by atoms with Crippen LogP contribution in [0.25, 0.3) is 5.57 Å². The van der Waals surface area contributed by atoms with E-state index in [9.17, 15) is 14.0 Å². The second-order valence-corrected chi connectivity index (χ2v) is 21.2. The number of hydrogen-bond donors (Lipinski definition) is 1. The molecule has 1 N–H and O–H groups in total. The van der Waals surface area contributed by atoms with Crippen molar-refractivity contribution in [1.82, 2.24) is 15.1 Å². The van der Waals surface area contributed by atoms with Gasteiger partial charge in [-0.15, -0.1) is 23.5 Å². The van der Waals surface area contributed by atoms with E-state index in [1.807, 2.05) is 42.6 Å². The Labute approximate surface area is 429 Å². The monoisotopic (exact) mass is 977 g/mol. The van der Waals surface area contributed by atoms with Crippen LogP contribution in [0.4, 0.5) is 4.39 Å². The van der Waals surface area contributed by atoms with Gasteiger partial charge >= 0.3 is 0 Å². The zero-order valence-electron chi connectivity index (χ0n) is 40.7. The topological polar surface area (TPSA) is 52.7 Å². The lowest BCUT2D eigenvalue weighted by Gasteiger charge is -2.38. The van der Waals surface area contributed by atoms with Crippen molar-refractivity contribution in [2.45, 2.75) is 60.6 Å². The Morgan fingerprint density at radius 1 is 0.592 bits per heavy atom. The summed E-state index contributed by atoms with van der Waals surface area (Å²) in [7, 11) is 0. The molecule has 0 aromatic heterocycles. The lowest BCUT2D eigenvalue weighted by Crippen LogP contribution is -2.45. The smallest absolute Gasteiger partial charge is 0.234 e. The summed E-state index contributed by atoms with van der Waals surface area (Å²) in [6, 6.07) is 71.5. The van der Waals surface area contributed by atoms with Crippen molar-refractivity contribution < 1.29 is 14.0 Å². The summed E-state index contributed by atoms with van der Waals surface area (Å²) in [5, 5.41) is 3.35. The Bertz CT molecular complexity index is 2620. The first kappa shape index (κ1) is 49.9. The molecule has 9 rings (SSSR count). The molecule has 5 nitrogen and oxygen atoms in total. The summed E-state index contributed by atoms with van der Waals surface area (Å²) in [6.45, 7) is 5.02. The van der Waals surface area contributed by atoms with Gasteiger partial charge < -0.3 is 5.32 Å². The first-order chi connectivity index (χ1) is 34.9. The molecule has 0 aliphatic carbocycles. The van der Waals surface area contributed by atoms with Crippen LogP contribution < -0.4 is 5.32 Å². The number of nitrogens with zero attached hydrogens (tertiary/aromatic N) is 2. The molecule has 2 atom stereocenters. The number of thioether (sulfide) groups is 2. The fraction of sp³-hybridized carbons (Fsp3) is 0.270. The van der Waals surface area contributed by atoms with Gasteiger partial charge in [-0.25, -0.2) is 4.39 Å². The van der Waals surface area contributed by atoms with Crippen molar-refractivity contribution >= 4 is 40.8 Å². The molecule has 7 aromatic carbocycles. The molecule has 8 heteroatoms. The van der Waals surface area contributed by atoms with Gasteiger partial charge in [-0.2, -0.15) is 0 Å². The molecule has 7 aromatic rings. The number of amides is 1. The third-order valence-electron chi connectivity index (χ3n) is 14.4.